The van der Waals surface area contributed by atoms with E-state index >= 15 is 0 Å². The van der Waals surface area contributed by atoms with Crippen LogP contribution in [0.3, 0.4) is 0 Å². The van der Waals surface area contributed by atoms with Crippen molar-refractivity contribution in [1.82, 2.24) is 15.0 Å². The molecule has 1 atom stereocenters. The van der Waals surface area contributed by atoms with Crippen LogP contribution >= 0.6 is 0 Å². The molecule has 1 aromatic rings. The SMILES string of the molecule is CC(C)c1nnn(C(C)F)c1C(C)C. The quantitative estimate of drug-likeness (QED) is 0.749. The molecule has 80 valence electrons. The predicted molar refractivity (Wildman–Crippen MR) is 54.0 cm³/mol. The Balaban J connectivity index is 3.20. The minimum absolute atomic E-state index is 0.251. The molecule has 1 rings (SSSR count). The van der Waals surface area contributed by atoms with Crippen LogP contribution < -0.4 is 0 Å². The van der Waals surface area contributed by atoms with Gasteiger partial charge in [0.2, 0.25) is 0 Å². The van der Waals surface area contributed by atoms with Crippen LogP contribution in [0.2, 0.25) is 0 Å². The van der Waals surface area contributed by atoms with Crippen LogP contribution in [-0.2, 0) is 0 Å². The molecule has 0 amide bonds. The molecule has 3 nitrogen and oxygen atoms in total. The first-order valence-electron chi connectivity index (χ1n) is 5.04. The third kappa shape index (κ3) is 1.94. The van der Waals surface area contributed by atoms with Gasteiger partial charge >= 0.3 is 0 Å². The van der Waals surface area contributed by atoms with Gasteiger partial charge < -0.3 is 0 Å². The molecule has 4 heteroatoms. The molecule has 1 unspecified atom stereocenters. The number of halogens is 1. The Bertz CT molecular complexity index is 277. The Hall–Kier alpha value is -0.930. The molecule has 0 aliphatic carbocycles. The molecule has 0 bridgehead atoms. The van der Waals surface area contributed by atoms with Gasteiger partial charge in [-0.05, 0) is 18.8 Å². The smallest absolute Gasteiger partial charge is 0.190 e. The van der Waals surface area contributed by atoms with E-state index in [1.165, 1.54) is 11.6 Å². The van der Waals surface area contributed by atoms with Crippen molar-refractivity contribution in [2.45, 2.75) is 52.8 Å². The first-order valence-corrected chi connectivity index (χ1v) is 5.04. The summed E-state index contributed by atoms with van der Waals surface area (Å²) >= 11 is 0. The number of rotatable bonds is 3. The predicted octanol–water partition coefficient (Wildman–Crippen LogP) is 3.01. The van der Waals surface area contributed by atoms with Crippen molar-refractivity contribution in [3.05, 3.63) is 11.4 Å². The molecule has 0 radical (unpaired) electrons. The first-order chi connectivity index (χ1) is 6.45. The molecule has 1 aromatic heterocycles. The summed E-state index contributed by atoms with van der Waals surface area (Å²) in [5, 5.41) is 7.88. The summed E-state index contributed by atoms with van der Waals surface area (Å²) in [4.78, 5) is 0. The van der Waals surface area contributed by atoms with Crippen LogP contribution in [0, 0.1) is 0 Å². The average molecular weight is 199 g/mol. The van der Waals surface area contributed by atoms with Crippen LogP contribution in [0.15, 0.2) is 0 Å². The highest BCUT2D eigenvalue weighted by Crippen LogP contribution is 2.26. The Kier molecular flexibility index (Phi) is 3.24. The zero-order chi connectivity index (χ0) is 10.9. The van der Waals surface area contributed by atoms with Crippen molar-refractivity contribution in [1.29, 1.82) is 0 Å². The van der Waals surface area contributed by atoms with Gasteiger partial charge in [0, 0.05) is 0 Å². The first kappa shape index (κ1) is 11.1. The van der Waals surface area contributed by atoms with Crippen LogP contribution in [0.1, 0.15) is 64.1 Å². The molecular weight excluding hydrogens is 181 g/mol. The highest BCUT2D eigenvalue weighted by molar-refractivity contribution is 5.17. The second-order valence-corrected chi connectivity index (χ2v) is 4.19. The molecule has 1 heterocycles. The summed E-state index contributed by atoms with van der Waals surface area (Å²) in [6.45, 7) is 9.63. The van der Waals surface area contributed by atoms with Gasteiger partial charge in [-0.1, -0.05) is 32.9 Å². The van der Waals surface area contributed by atoms with E-state index in [4.69, 9.17) is 0 Å². The third-order valence-electron chi connectivity index (χ3n) is 2.19. The maximum atomic E-state index is 13.2. The summed E-state index contributed by atoms with van der Waals surface area (Å²) in [6, 6.07) is 0. The Labute approximate surface area is 84.3 Å². The van der Waals surface area contributed by atoms with E-state index in [0.717, 1.165) is 11.4 Å². The van der Waals surface area contributed by atoms with E-state index in [1.54, 1.807) is 0 Å². The van der Waals surface area contributed by atoms with E-state index in [0.29, 0.717) is 5.92 Å². The summed E-state index contributed by atoms with van der Waals surface area (Å²) < 4.78 is 14.6. The molecule has 0 aliphatic heterocycles. The van der Waals surface area contributed by atoms with E-state index in [1.807, 2.05) is 27.7 Å². The lowest BCUT2D eigenvalue weighted by atomic mass is 10.0. The van der Waals surface area contributed by atoms with Gasteiger partial charge in [0.05, 0.1) is 11.4 Å². The van der Waals surface area contributed by atoms with Crippen molar-refractivity contribution in [2.24, 2.45) is 0 Å². The van der Waals surface area contributed by atoms with Gasteiger partial charge in [0.25, 0.3) is 0 Å². The van der Waals surface area contributed by atoms with Crippen molar-refractivity contribution < 1.29 is 4.39 Å². The van der Waals surface area contributed by atoms with Gasteiger partial charge in [-0.15, -0.1) is 5.10 Å². The molecule has 0 spiro atoms. The Morgan fingerprint density at radius 2 is 1.64 bits per heavy atom. The van der Waals surface area contributed by atoms with Crippen molar-refractivity contribution in [3.8, 4) is 0 Å². The molecule has 0 saturated heterocycles. The van der Waals surface area contributed by atoms with Gasteiger partial charge in [-0.2, -0.15) is 0 Å². The maximum absolute atomic E-state index is 13.2. The molecule has 0 fully saturated rings. The second-order valence-electron chi connectivity index (χ2n) is 4.19. The number of hydrogen-bond donors (Lipinski definition) is 0. The largest absolute Gasteiger partial charge is 0.222 e. The van der Waals surface area contributed by atoms with Gasteiger partial charge in [-0.25, -0.2) is 9.07 Å². The van der Waals surface area contributed by atoms with Crippen molar-refractivity contribution in [3.63, 3.8) is 0 Å². The molecular formula is C10H18FN3. The molecule has 0 aliphatic rings. The van der Waals surface area contributed by atoms with Crippen molar-refractivity contribution in [2.75, 3.05) is 0 Å². The lowest BCUT2D eigenvalue weighted by Crippen LogP contribution is -2.09. The fourth-order valence-electron chi connectivity index (χ4n) is 1.55. The third-order valence-corrected chi connectivity index (χ3v) is 2.19. The Morgan fingerprint density at radius 3 is 2.00 bits per heavy atom. The van der Waals surface area contributed by atoms with E-state index in [2.05, 4.69) is 10.3 Å². The lowest BCUT2D eigenvalue weighted by Gasteiger charge is -2.12. The lowest BCUT2D eigenvalue weighted by molar-refractivity contribution is 0.233. The van der Waals surface area contributed by atoms with E-state index < -0.39 is 6.30 Å². The average Bonchev–Trinajstić information content (AvgIpc) is 2.46. The molecule has 0 N–H and O–H groups in total. The zero-order valence-corrected chi connectivity index (χ0v) is 9.45. The van der Waals surface area contributed by atoms with Gasteiger partial charge in [-0.3, -0.25) is 0 Å². The van der Waals surface area contributed by atoms with Crippen molar-refractivity contribution >= 4 is 0 Å². The summed E-state index contributed by atoms with van der Waals surface area (Å²) in [5.41, 5.74) is 1.82. The normalized spacial score (nSPS) is 14.0. The number of aromatic nitrogens is 3. The topological polar surface area (TPSA) is 30.7 Å². The van der Waals surface area contributed by atoms with Gasteiger partial charge in [0.15, 0.2) is 6.30 Å². The minimum atomic E-state index is -1.10. The fourth-order valence-corrected chi connectivity index (χ4v) is 1.55. The van der Waals surface area contributed by atoms with E-state index in [9.17, 15) is 4.39 Å². The van der Waals surface area contributed by atoms with Crippen LogP contribution in [0.4, 0.5) is 4.39 Å². The zero-order valence-electron chi connectivity index (χ0n) is 9.45. The molecule has 14 heavy (non-hydrogen) atoms. The summed E-state index contributed by atoms with van der Waals surface area (Å²) in [7, 11) is 0. The highest BCUT2D eigenvalue weighted by atomic mass is 19.1. The number of alkyl halides is 1. The van der Waals surface area contributed by atoms with Crippen LogP contribution in [-0.4, -0.2) is 15.0 Å². The molecule has 0 saturated carbocycles. The van der Waals surface area contributed by atoms with Gasteiger partial charge in [0.1, 0.15) is 0 Å². The maximum Gasteiger partial charge on any atom is 0.190 e. The summed E-state index contributed by atoms with van der Waals surface area (Å²) in [5.74, 6) is 0.542. The Morgan fingerprint density at radius 1 is 1.07 bits per heavy atom. The summed E-state index contributed by atoms with van der Waals surface area (Å²) in [6.07, 6.45) is -1.10. The van der Waals surface area contributed by atoms with Crippen LogP contribution in [0.25, 0.3) is 0 Å². The number of hydrogen-bond acceptors (Lipinski definition) is 2. The fraction of sp³-hybridized carbons (Fsp3) is 0.800. The van der Waals surface area contributed by atoms with Crippen LogP contribution in [0.5, 0.6) is 0 Å². The highest BCUT2D eigenvalue weighted by Gasteiger charge is 2.20. The standard InChI is InChI=1S/C10H18FN3/c1-6(2)9-10(7(3)4)14(8(5)11)13-12-9/h6-8H,1-5H3. The second kappa shape index (κ2) is 4.07. The molecule has 0 aromatic carbocycles. The monoisotopic (exact) mass is 199 g/mol. The van der Waals surface area contributed by atoms with E-state index in [-0.39, 0.29) is 5.92 Å². The minimum Gasteiger partial charge on any atom is -0.222 e. The number of nitrogens with zero attached hydrogens (tertiary/aromatic N) is 3.